The highest BCUT2D eigenvalue weighted by Gasteiger charge is 2.59. The van der Waals surface area contributed by atoms with Crippen molar-refractivity contribution in [2.45, 2.75) is 18.0 Å². The van der Waals surface area contributed by atoms with E-state index in [0.29, 0.717) is 10.8 Å². The summed E-state index contributed by atoms with van der Waals surface area (Å²) >= 11 is 11.9. The second kappa shape index (κ2) is 10.6. The van der Waals surface area contributed by atoms with Gasteiger partial charge in [0.1, 0.15) is 6.54 Å². The average molecular weight is 592 g/mol. The number of amides is 2. The standard InChI is InChI=1S/C25H17Cl2F6N3O3/c26-14-7-13(8-15(27)9-14)23(25(31,32)33)10-20(36-39-23)18-5-6-19(17-4-2-1-3-16(17)18)22(38)34-11-21(37)35-12-24(28,29)30/h1-10,36H,11-12H2,(H,34,38)(H,35,37). The molecule has 3 N–H and O–H groups in total. The molecule has 0 saturated heterocycles. The number of benzene rings is 3. The first kappa shape index (κ1) is 28.5. The fourth-order valence-electron chi connectivity index (χ4n) is 3.99. The van der Waals surface area contributed by atoms with Crippen LogP contribution in [0.3, 0.4) is 0 Å². The first-order valence-corrected chi connectivity index (χ1v) is 11.8. The molecule has 0 spiro atoms. The number of rotatable bonds is 6. The molecule has 3 aromatic carbocycles. The number of hydrogen-bond donors (Lipinski definition) is 3. The van der Waals surface area contributed by atoms with Crippen LogP contribution in [0.15, 0.2) is 60.7 Å². The van der Waals surface area contributed by atoms with E-state index in [1.54, 1.807) is 23.5 Å². The lowest BCUT2D eigenvalue weighted by Gasteiger charge is -2.28. The van der Waals surface area contributed by atoms with Crippen LogP contribution in [0.4, 0.5) is 26.3 Å². The van der Waals surface area contributed by atoms with Crippen LogP contribution in [-0.2, 0) is 15.2 Å². The van der Waals surface area contributed by atoms with Crippen molar-refractivity contribution in [1.82, 2.24) is 16.1 Å². The summed E-state index contributed by atoms with van der Waals surface area (Å²) in [4.78, 5) is 29.5. The maximum Gasteiger partial charge on any atom is 0.428 e. The molecule has 0 saturated carbocycles. The van der Waals surface area contributed by atoms with Gasteiger partial charge in [0.15, 0.2) is 0 Å². The van der Waals surface area contributed by atoms with Crippen LogP contribution in [0.25, 0.3) is 16.5 Å². The summed E-state index contributed by atoms with van der Waals surface area (Å²) < 4.78 is 79.9. The summed E-state index contributed by atoms with van der Waals surface area (Å²) in [6.45, 7) is -2.27. The van der Waals surface area contributed by atoms with Crippen molar-refractivity contribution in [2.24, 2.45) is 0 Å². The fraction of sp³-hybridized carbons (Fsp3) is 0.200. The quantitative estimate of drug-likeness (QED) is 0.312. The van der Waals surface area contributed by atoms with E-state index in [2.05, 4.69) is 10.8 Å². The summed E-state index contributed by atoms with van der Waals surface area (Å²) in [7, 11) is 0. The third kappa shape index (κ3) is 6.07. The molecule has 0 aromatic heterocycles. The molecule has 0 fully saturated rings. The van der Waals surface area contributed by atoms with Crippen molar-refractivity contribution in [2.75, 3.05) is 13.1 Å². The zero-order chi connectivity index (χ0) is 28.6. The van der Waals surface area contributed by atoms with Crippen molar-refractivity contribution in [3.63, 3.8) is 0 Å². The lowest BCUT2D eigenvalue weighted by Crippen LogP contribution is -2.42. The summed E-state index contributed by atoms with van der Waals surface area (Å²) in [5.74, 6) is -1.83. The molecular formula is C25H17Cl2F6N3O3. The van der Waals surface area contributed by atoms with Crippen LogP contribution < -0.4 is 16.1 Å². The largest absolute Gasteiger partial charge is 0.428 e. The van der Waals surface area contributed by atoms with Gasteiger partial charge in [-0.3, -0.25) is 19.9 Å². The second-order valence-corrected chi connectivity index (χ2v) is 9.31. The molecule has 1 heterocycles. The van der Waals surface area contributed by atoms with Crippen molar-refractivity contribution in [3.05, 3.63) is 87.4 Å². The van der Waals surface area contributed by atoms with Crippen LogP contribution in [0, 0.1) is 0 Å². The lowest BCUT2D eigenvalue weighted by molar-refractivity contribution is -0.269. The van der Waals surface area contributed by atoms with E-state index >= 15 is 0 Å². The predicted octanol–water partition coefficient (Wildman–Crippen LogP) is 5.89. The summed E-state index contributed by atoms with van der Waals surface area (Å²) in [6, 6.07) is 12.4. The maximum atomic E-state index is 14.4. The molecule has 6 nitrogen and oxygen atoms in total. The minimum atomic E-state index is -4.93. The van der Waals surface area contributed by atoms with E-state index in [1.807, 2.05) is 0 Å². The maximum absolute atomic E-state index is 14.4. The normalized spacial score (nSPS) is 17.5. The molecule has 0 radical (unpaired) electrons. The van der Waals surface area contributed by atoms with Crippen LogP contribution in [0.1, 0.15) is 21.5 Å². The molecule has 206 valence electrons. The number of hydrogen-bond acceptors (Lipinski definition) is 4. The van der Waals surface area contributed by atoms with Gasteiger partial charge in [-0.25, -0.2) is 0 Å². The van der Waals surface area contributed by atoms with Gasteiger partial charge in [-0.15, -0.1) is 0 Å². The first-order chi connectivity index (χ1) is 18.2. The zero-order valence-corrected chi connectivity index (χ0v) is 20.9. The number of nitrogens with one attached hydrogen (secondary N) is 3. The van der Waals surface area contributed by atoms with Crippen LogP contribution >= 0.6 is 23.2 Å². The van der Waals surface area contributed by atoms with Crippen molar-refractivity contribution in [1.29, 1.82) is 0 Å². The molecule has 4 rings (SSSR count). The molecule has 14 heteroatoms. The van der Waals surface area contributed by atoms with Gasteiger partial charge in [0, 0.05) is 26.7 Å². The number of halogens is 8. The molecule has 39 heavy (non-hydrogen) atoms. The highest BCUT2D eigenvalue weighted by atomic mass is 35.5. The highest BCUT2D eigenvalue weighted by molar-refractivity contribution is 6.34. The minimum Gasteiger partial charge on any atom is -0.345 e. The third-order valence-electron chi connectivity index (χ3n) is 5.74. The Morgan fingerprint density at radius 3 is 2.15 bits per heavy atom. The van der Waals surface area contributed by atoms with Crippen molar-refractivity contribution < 1.29 is 40.8 Å². The van der Waals surface area contributed by atoms with Gasteiger partial charge in [0.2, 0.25) is 11.5 Å². The van der Waals surface area contributed by atoms with Crippen LogP contribution in [0.5, 0.6) is 0 Å². The van der Waals surface area contributed by atoms with Gasteiger partial charge in [-0.05, 0) is 41.1 Å². The Morgan fingerprint density at radius 2 is 1.54 bits per heavy atom. The van der Waals surface area contributed by atoms with E-state index in [0.717, 1.165) is 18.2 Å². The van der Waals surface area contributed by atoms with Gasteiger partial charge < -0.3 is 10.6 Å². The molecule has 1 aliphatic rings. The zero-order valence-electron chi connectivity index (χ0n) is 19.4. The minimum absolute atomic E-state index is 0.0283. The van der Waals surface area contributed by atoms with Crippen molar-refractivity contribution in [3.8, 4) is 0 Å². The number of hydroxylamine groups is 1. The van der Waals surface area contributed by atoms with E-state index in [1.165, 1.54) is 24.3 Å². The van der Waals surface area contributed by atoms with E-state index < -0.39 is 42.9 Å². The molecule has 2 amide bonds. The number of carbonyl (C=O) groups excluding carboxylic acids is 2. The lowest BCUT2D eigenvalue weighted by atomic mass is 9.90. The number of fused-ring (bicyclic) bond motifs is 1. The van der Waals surface area contributed by atoms with Gasteiger partial charge in [0.25, 0.3) is 5.91 Å². The molecule has 1 atom stereocenters. The SMILES string of the molecule is O=C(CNC(=O)c1ccc(C2=CC(c3cc(Cl)cc(Cl)c3)(C(F)(F)F)ON2)c2ccccc12)NCC(F)(F)F. The molecule has 1 unspecified atom stereocenters. The van der Waals surface area contributed by atoms with Gasteiger partial charge >= 0.3 is 12.4 Å². The van der Waals surface area contributed by atoms with E-state index in [4.69, 9.17) is 28.0 Å². The number of alkyl halides is 6. The predicted molar refractivity (Wildman–Crippen MR) is 132 cm³/mol. The topological polar surface area (TPSA) is 79.5 Å². The van der Waals surface area contributed by atoms with E-state index in [-0.39, 0.29) is 32.4 Å². The summed E-state index contributed by atoms with van der Waals surface area (Å²) in [6.07, 6.45) is -8.71. The molecule has 1 aliphatic heterocycles. The fourth-order valence-corrected chi connectivity index (χ4v) is 4.52. The smallest absolute Gasteiger partial charge is 0.345 e. The Balaban J connectivity index is 1.68. The average Bonchev–Trinajstić information content (AvgIpc) is 3.31. The highest BCUT2D eigenvalue weighted by Crippen LogP contribution is 2.48. The van der Waals surface area contributed by atoms with Crippen LogP contribution in [0.2, 0.25) is 10.0 Å². The first-order valence-electron chi connectivity index (χ1n) is 11.0. The Morgan fingerprint density at radius 1 is 0.897 bits per heavy atom. The third-order valence-corrected chi connectivity index (χ3v) is 6.17. The van der Waals surface area contributed by atoms with E-state index in [9.17, 15) is 35.9 Å². The van der Waals surface area contributed by atoms with Gasteiger partial charge in [-0.1, -0.05) is 53.5 Å². The molecule has 0 bridgehead atoms. The molecule has 0 aliphatic carbocycles. The number of carbonyl (C=O) groups is 2. The molecular weight excluding hydrogens is 575 g/mol. The Bertz CT molecular complexity index is 1460. The Hall–Kier alpha value is -3.48. The summed E-state index contributed by atoms with van der Waals surface area (Å²) in [5.41, 5.74) is -0.731. The molecule has 3 aromatic rings. The van der Waals surface area contributed by atoms with Gasteiger partial charge in [-0.2, -0.15) is 26.3 Å². The van der Waals surface area contributed by atoms with Gasteiger partial charge in [0.05, 0.1) is 12.2 Å². The monoisotopic (exact) mass is 591 g/mol. The Labute approximate surface area is 226 Å². The Kier molecular flexibility index (Phi) is 7.75. The van der Waals surface area contributed by atoms with Crippen LogP contribution in [-0.4, -0.2) is 37.3 Å². The van der Waals surface area contributed by atoms with Crippen molar-refractivity contribution >= 4 is 51.5 Å². The summed E-state index contributed by atoms with van der Waals surface area (Å²) in [5, 5.41) is 4.48. The second-order valence-electron chi connectivity index (χ2n) is 8.43.